The molecule has 9 aromatic rings. The van der Waals surface area contributed by atoms with E-state index in [-0.39, 0.29) is 0 Å². The van der Waals surface area contributed by atoms with Gasteiger partial charge in [-0.3, -0.25) is 0 Å². The van der Waals surface area contributed by atoms with Crippen molar-refractivity contribution in [2.45, 2.75) is 18.3 Å². The molecule has 0 heterocycles. The Morgan fingerprint density at radius 2 is 0.794 bits per heavy atom. The van der Waals surface area contributed by atoms with Crippen LogP contribution < -0.4 is 9.80 Å². The van der Waals surface area contributed by atoms with Gasteiger partial charge in [-0.2, -0.15) is 0 Å². The first-order valence-corrected chi connectivity index (χ1v) is 22.1. The second-order valence-corrected chi connectivity index (χ2v) is 16.7. The van der Waals surface area contributed by atoms with Crippen molar-refractivity contribution in [3.05, 3.63) is 271 Å². The Morgan fingerprint density at radius 3 is 1.38 bits per heavy atom. The quantitative estimate of drug-likeness (QED) is 0.151. The van der Waals surface area contributed by atoms with E-state index in [1.165, 1.54) is 66.8 Å². The van der Waals surface area contributed by atoms with Crippen LogP contribution in [0.4, 0.5) is 34.1 Å². The van der Waals surface area contributed by atoms with Crippen molar-refractivity contribution in [1.82, 2.24) is 0 Å². The van der Waals surface area contributed by atoms with Gasteiger partial charge in [0.05, 0.1) is 11.1 Å². The molecule has 0 N–H and O–H groups in total. The number of rotatable bonds is 8. The summed E-state index contributed by atoms with van der Waals surface area (Å²) in [6, 6.07) is 82.9. The topological polar surface area (TPSA) is 6.48 Å². The van der Waals surface area contributed by atoms with Crippen LogP contribution in [0.5, 0.6) is 0 Å². The van der Waals surface area contributed by atoms with Crippen LogP contribution in [0.3, 0.4) is 0 Å². The third kappa shape index (κ3) is 5.94. The smallest absolute Gasteiger partial charge is 0.0727 e. The monoisotopic (exact) mass is 804 g/mol. The number of nitrogens with zero attached hydrogens (tertiary/aromatic N) is 2. The number of benzene rings is 9. The molecule has 0 fully saturated rings. The Balaban J connectivity index is 1.17. The molecule has 0 aliphatic heterocycles. The number of hydrogen-bond donors (Lipinski definition) is 0. The van der Waals surface area contributed by atoms with Gasteiger partial charge in [0.15, 0.2) is 0 Å². The van der Waals surface area contributed by atoms with Crippen LogP contribution in [0.2, 0.25) is 0 Å². The van der Waals surface area contributed by atoms with E-state index in [0.717, 1.165) is 47.0 Å². The molecular weight excluding hydrogens is 761 g/mol. The van der Waals surface area contributed by atoms with Crippen LogP contribution in [-0.4, -0.2) is 0 Å². The van der Waals surface area contributed by atoms with E-state index in [1.54, 1.807) is 0 Å². The number of para-hydroxylation sites is 2. The molecular formula is C61H44N2. The first-order valence-electron chi connectivity index (χ1n) is 22.1. The zero-order valence-corrected chi connectivity index (χ0v) is 34.9. The average Bonchev–Trinajstić information content (AvgIpc) is 3.83. The molecule has 0 amide bonds. The van der Waals surface area contributed by atoms with Crippen LogP contribution in [0.25, 0.3) is 39.0 Å². The molecule has 2 nitrogen and oxygen atoms in total. The highest BCUT2D eigenvalue weighted by molar-refractivity contribution is 6.03. The first-order chi connectivity index (χ1) is 31.3. The molecule has 0 bridgehead atoms. The van der Waals surface area contributed by atoms with Gasteiger partial charge in [0.1, 0.15) is 0 Å². The summed E-state index contributed by atoms with van der Waals surface area (Å²) in [5.74, 6) is 0. The highest BCUT2D eigenvalue weighted by Crippen LogP contribution is 2.65. The largest absolute Gasteiger partial charge is 0.310 e. The predicted octanol–water partition coefficient (Wildman–Crippen LogP) is 16.4. The minimum atomic E-state index is -0.546. The molecule has 0 saturated carbocycles. The molecule has 0 radical (unpaired) electrons. The molecule has 3 aliphatic carbocycles. The minimum absolute atomic E-state index is 0.546. The van der Waals surface area contributed by atoms with Crippen molar-refractivity contribution < 1.29 is 0 Å². The van der Waals surface area contributed by atoms with Gasteiger partial charge in [0.2, 0.25) is 0 Å². The number of anilines is 6. The van der Waals surface area contributed by atoms with Crippen molar-refractivity contribution in [2.75, 3.05) is 9.80 Å². The van der Waals surface area contributed by atoms with Crippen molar-refractivity contribution in [3.63, 3.8) is 0 Å². The standard InChI is InChI=1S/C61H44N2/c1-5-19-43(20-6-1)45-33-37-49(38-34-45)62(47-23-9-3-10-24-47)51-41-58-60(54-29-15-18-32-57(54)61(58)55-30-16-13-27-52(55)53-28-14-17-31-56(53)61)59(42-51)63(48-25-11-4-12-26-48)50-39-35-46(36-40-50)44-21-7-2-8-22-44/h1,3-7,9-42H,2,8H2. The lowest BCUT2D eigenvalue weighted by atomic mass is 9.70. The molecule has 63 heavy (non-hydrogen) atoms. The average molecular weight is 805 g/mol. The number of allylic oxidation sites excluding steroid dienone is 4. The predicted molar refractivity (Wildman–Crippen MR) is 264 cm³/mol. The number of fused-ring (bicyclic) bond motifs is 10. The zero-order valence-electron chi connectivity index (χ0n) is 34.9. The second kappa shape index (κ2) is 15.2. The maximum Gasteiger partial charge on any atom is 0.0727 e. The van der Waals surface area contributed by atoms with Crippen molar-refractivity contribution >= 4 is 39.7 Å². The molecule has 298 valence electrons. The zero-order chi connectivity index (χ0) is 41.7. The Morgan fingerprint density at radius 1 is 0.333 bits per heavy atom. The van der Waals surface area contributed by atoms with Crippen molar-refractivity contribution in [2.24, 2.45) is 0 Å². The molecule has 2 heteroatoms. The molecule has 0 saturated heterocycles. The fourth-order valence-corrected chi connectivity index (χ4v) is 10.6. The van der Waals surface area contributed by atoms with Crippen LogP contribution in [0.1, 0.15) is 40.7 Å². The molecule has 0 unspecified atom stereocenters. The van der Waals surface area contributed by atoms with E-state index in [9.17, 15) is 0 Å². The Bertz CT molecular complexity index is 3150. The van der Waals surface area contributed by atoms with E-state index in [1.807, 2.05) is 0 Å². The lowest BCUT2D eigenvalue weighted by molar-refractivity contribution is 0.793. The van der Waals surface area contributed by atoms with Crippen LogP contribution in [0, 0.1) is 0 Å². The first kappa shape index (κ1) is 36.9. The van der Waals surface area contributed by atoms with Crippen molar-refractivity contribution in [3.8, 4) is 33.4 Å². The molecule has 0 aromatic heterocycles. The van der Waals surface area contributed by atoms with Gasteiger partial charge in [-0.05, 0) is 135 Å². The number of hydrogen-bond acceptors (Lipinski definition) is 2. The van der Waals surface area contributed by atoms with Gasteiger partial charge < -0.3 is 9.80 Å². The highest BCUT2D eigenvalue weighted by atomic mass is 15.2. The summed E-state index contributed by atoms with van der Waals surface area (Å²) in [5.41, 5.74) is 21.3. The van der Waals surface area contributed by atoms with E-state index in [2.05, 4.69) is 252 Å². The lowest BCUT2D eigenvalue weighted by Crippen LogP contribution is -2.26. The van der Waals surface area contributed by atoms with Crippen molar-refractivity contribution in [1.29, 1.82) is 0 Å². The van der Waals surface area contributed by atoms with Crippen LogP contribution in [0.15, 0.2) is 243 Å². The molecule has 9 aromatic carbocycles. The molecule has 12 rings (SSSR count). The van der Waals surface area contributed by atoms with Crippen LogP contribution >= 0.6 is 0 Å². The van der Waals surface area contributed by atoms with Gasteiger partial charge in [0, 0.05) is 34.0 Å². The molecule has 1 spiro atoms. The Kier molecular flexibility index (Phi) is 8.90. The van der Waals surface area contributed by atoms with Gasteiger partial charge in [0.25, 0.3) is 0 Å². The summed E-state index contributed by atoms with van der Waals surface area (Å²) < 4.78 is 0. The third-order valence-electron chi connectivity index (χ3n) is 13.3. The maximum absolute atomic E-state index is 2.50. The summed E-state index contributed by atoms with van der Waals surface area (Å²) in [4.78, 5) is 4.93. The van der Waals surface area contributed by atoms with Gasteiger partial charge in [-0.1, -0.05) is 182 Å². The minimum Gasteiger partial charge on any atom is -0.310 e. The van der Waals surface area contributed by atoms with Gasteiger partial charge in [-0.15, -0.1) is 0 Å². The maximum atomic E-state index is 2.50. The van der Waals surface area contributed by atoms with E-state index >= 15 is 0 Å². The van der Waals surface area contributed by atoms with Gasteiger partial charge in [-0.25, -0.2) is 0 Å². The normalized spacial score (nSPS) is 13.7. The second-order valence-electron chi connectivity index (χ2n) is 16.7. The summed E-state index contributed by atoms with van der Waals surface area (Å²) >= 11 is 0. The van der Waals surface area contributed by atoms with E-state index in [0.29, 0.717) is 0 Å². The van der Waals surface area contributed by atoms with Crippen LogP contribution in [-0.2, 0) is 5.41 Å². The Labute approximate surface area is 370 Å². The fraction of sp³-hybridized carbons (Fsp3) is 0.0492. The summed E-state index contributed by atoms with van der Waals surface area (Å²) in [6.07, 6.45) is 9.08. The third-order valence-corrected chi connectivity index (χ3v) is 13.3. The summed E-state index contributed by atoms with van der Waals surface area (Å²) in [7, 11) is 0. The highest BCUT2D eigenvalue weighted by Gasteiger charge is 2.52. The Hall–Kier alpha value is -7.94. The van der Waals surface area contributed by atoms with E-state index in [4.69, 9.17) is 0 Å². The van der Waals surface area contributed by atoms with Gasteiger partial charge >= 0.3 is 0 Å². The van der Waals surface area contributed by atoms with E-state index < -0.39 is 5.41 Å². The SMILES string of the molecule is C1=CC(c2ccc(N(c3ccccc3)c3cc(N(c4ccccc4)c4ccc(-c5ccccc5)cc4)cc4c3-c3ccccc3C43c4ccccc4-c4ccccc43)cc2)=CCC1. The summed E-state index contributed by atoms with van der Waals surface area (Å²) in [6.45, 7) is 0. The molecule has 3 aliphatic rings. The summed E-state index contributed by atoms with van der Waals surface area (Å²) in [5, 5.41) is 0. The fourth-order valence-electron chi connectivity index (χ4n) is 10.6. The lowest BCUT2D eigenvalue weighted by Gasteiger charge is -2.34. The molecule has 0 atom stereocenters.